The van der Waals surface area contributed by atoms with E-state index < -0.39 is 0 Å². The Labute approximate surface area is 93.2 Å². The maximum atomic E-state index is 4.18. The summed E-state index contributed by atoms with van der Waals surface area (Å²) in [4.78, 5) is 4.18. The van der Waals surface area contributed by atoms with Crippen LogP contribution in [0.15, 0.2) is 28.9 Å². The molecule has 0 saturated carbocycles. The number of hydrogen-bond donors (Lipinski definition) is 1. The van der Waals surface area contributed by atoms with Crippen LogP contribution < -0.4 is 5.32 Å². The van der Waals surface area contributed by atoms with Crippen LogP contribution in [0.1, 0.15) is 27.2 Å². The quantitative estimate of drug-likeness (QED) is 0.555. The largest absolute Gasteiger partial charge is 0.316 e. The van der Waals surface area contributed by atoms with Crippen molar-refractivity contribution in [2.75, 3.05) is 13.1 Å². The van der Waals surface area contributed by atoms with Crippen LogP contribution in [0.25, 0.3) is 0 Å². The van der Waals surface area contributed by atoms with E-state index in [4.69, 9.17) is 0 Å². The fraction of sp³-hybridized carbons (Fsp3) is 0.615. The van der Waals surface area contributed by atoms with Gasteiger partial charge >= 0.3 is 0 Å². The second kappa shape index (κ2) is 6.57. The van der Waals surface area contributed by atoms with E-state index in [-0.39, 0.29) is 0 Å². The van der Waals surface area contributed by atoms with Crippen molar-refractivity contribution in [1.82, 2.24) is 5.32 Å². The molecule has 1 rings (SSSR count). The molecule has 0 aliphatic carbocycles. The normalized spacial score (nSPS) is 23.7. The Morgan fingerprint density at radius 3 is 2.80 bits per heavy atom. The first-order chi connectivity index (χ1) is 7.24. The molecular weight excluding hydrogens is 184 g/mol. The van der Waals surface area contributed by atoms with Crippen molar-refractivity contribution >= 4 is 6.21 Å². The van der Waals surface area contributed by atoms with Crippen LogP contribution in [0, 0.1) is 11.8 Å². The molecule has 0 aromatic heterocycles. The average molecular weight is 206 g/mol. The van der Waals surface area contributed by atoms with E-state index in [9.17, 15) is 0 Å². The Kier molecular flexibility index (Phi) is 5.33. The van der Waals surface area contributed by atoms with E-state index in [1.165, 1.54) is 12.0 Å². The molecule has 0 unspecified atom stereocenters. The lowest BCUT2D eigenvalue weighted by Gasteiger charge is -2.06. The van der Waals surface area contributed by atoms with Crippen molar-refractivity contribution in [1.29, 1.82) is 0 Å². The second-order valence-corrected chi connectivity index (χ2v) is 4.30. The molecule has 0 bridgehead atoms. The molecule has 0 aromatic carbocycles. The zero-order valence-electron chi connectivity index (χ0n) is 10.0. The summed E-state index contributed by atoms with van der Waals surface area (Å²) in [5.41, 5.74) is 1.31. The van der Waals surface area contributed by atoms with Crippen LogP contribution in [0.2, 0.25) is 0 Å². The molecule has 1 aliphatic rings. The number of nitrogens with zero attached hydrogens (tertiary/aromatic N) is 1. The summed E-state index contributed by atoms with van der Waals surface area (Å²) in [6.45, 7) is 8.63. The molecule has 1 saturated heterocycles. The Hall–Kier alpha value is -0.890. The third-order valence-corrected chi connectivity index (χ3v) is 2.70. The van der Waals surface area contributed by atoms with Crippen LogP contribution in [0.5, 0.6) is 0 Å². The minimum absolute atomic E-state index is 0.541. The summed E-state index contributed by atoms with van der Waals surface area (Å²) >= 11 is 0. The molecular formula is C13H22N2. The first-order valence-electron chi connectivity index (χ1n) is 5.80. The van der Waals surface area contributed by atoms with Gasteiger partial charge in [0.2, 0.25) is 0 Å². The number of rotatable bonds is 4. The summed E-state index contributed by atoms with van der Waals surface area (Å²) in [5.74, 6) is 1.25. The highest BCUT2D eigenvalue weighted by atomic mass is 14.9. The molecule has 0 amide bonds. The minimum Gasteiger partial charge on any atom is -0.316 e. The summed E-state index contributed by atoms with van der Waals surface area (Å²) in [6, 6.07) is 0. The van der Waals surface area contributed by atoms with Gasteiger partial charge in [-0.3, -0.25) is 4.99 Å². The molecule has 84 valence electrons. The second-order valence-electron chi connectivity index (χ2n) is 4.30. The highest BCUT2D eigenvalue weighted by Gasteiger charge is 2.10. The van der Waals surface area contributed by atoms with Gasteiger partial charge in [-0.05, 0) is 37.3 Å². The lowest BCUT2D eigenvalue weighted by Crippen LogP contribution is -2.07. The standard InChI is InChI=1S/C13H22N2/c1-4-14-10-13(11(2)3)6-5-12-7-8-15-9-12/h4-6,10-12,15H,7-9H2,1-3H3/b6-5+,13-10-,14-4-/t12-/m0/s1. The van der Waals surface area contributed by atoms with E-state index >= 15 is 0 Å². The Bertz CT molecular complexity index is 256. The lowest BCUT2D eigenvalue weighted by atomic mass is 10.0. The maximum Gasteiger partial charge on any atom is 0.0298 e. The fourth-order valence-corrected chi connectivity index (χ4v) is 1.63. The minimum atomic E-state index is 0.541. The van der Waals surface area contributed by atoms with Crippen molar-refractivity contribution < 1.29 is 0 Å². The number of hydrogen-bond acceptors (Lipinski definition) is 2. The van der Waals surface area contributed by atoms with Gasteiger partial charge in [-0.2, -0.15) is 0 Å². The zero-order chi connectivity index (χ0) is 11.1. The molecule has 2 nitrogen and oxygen atoms in total. The molecule has 15 heavy (non-hydrogen) atoms. The predicted molar refractivity (Wildman–Crippen MR) is 67.2 cm³/mol. The Morgan fingerprint density at radius 1 is 1.47 bits per heavy atom. The average Bonchev–Trinajstić information content (AvgIpc) is 2.70. The molecule has 1 aliphatic heterocycles. The first-order valence-corrected chi connectivity index (χ1v) is 5.80. The van der Waals surface area contributed by atoms with Gasteiger partial charge in [0, 0.05) is 19.0 Å². The van der Waals surface area contributed by atoms with Crippen molar-refractivity contribution in [3.63, 3.8) is 0 Å². The molecule has 0 radical (unpaired) electrons. The molecule has 0 aromatic rings. The molecule has 2 heteroatoms. The summed E-state index contributed by atoms with van der Waals surface area (Å²) in [6.07, 6.45) is 9.60. The number of nitrogens with one attached hydrogen (secondary N) is 1. The van der Waals surface area contributed by atoms with Crippen LogP contribution in [-0.4, -0.2) is 19.3 Å². The van der Waals surface area contributed by atoms with Crippen LogP contribution >= 0.6 is 0 Å². The van der Waals surface area contributed by atoms with Gasteiger partial charge in [0.15, 0.2) is 0 Å². The SMILES string of the molecule is C\C=N/C=C(/C=C/[C@H]1CCNC1)C(C)C. The fourth-order valence-electron chi connectivity index (χ4n) is 1.63. The Morgan fingerprint density at radius 2 is 2.27 bits per heavy atom. The van der Waals surface area contributed by atoms with Gasteiger partial charge in [-0.25, -0.2) is 0 Å². The van der Waals surface area contributed by atoms with Gasteiger partial charge in [0.1, 0.15) is 0 Å². The number of allylic oxidation sites excluding steroid dienone is 2. The highest BCUT2D eigenvalue weighted by molar-refractivity contribution is 5.54. The van der Waals surface area contributed by atoms with Crippen molar-refractivity contribution in [3.05, 3.63) is 23.9 Å². The van der Waals surface area contributed by atoms with Crippen molar-refractivity contribution in [2.24, 2.45) is 16.8 Å². The molecule has 1 atom stereocenters. The first kappa shape index (κ1) is 12.2. The molecule has 0 spiro atoms. The van der Waals surface area contributed by atoms with Crippen LogP contribution in [0.3, 0.4) is 0 Å². The van der Waals surface area contributed by atoms with Crippen molar-refractivity contribution in [3.8, 4) is 0 Å². The third-order valence-electron chi connectivity index (χ3n) is 2.70. The zero-order valence-corrected chi connectivity index (χ0v) is 10.0. The number of aliphatic imine (C=N–C) groups is 1. The lowest BCUT2D eigenvalue weighted by molar-refractivity contribution is 0.721. The van der Waals surface area contributed by atoms with Gasteiger partial charge in [-0.1, -0.05) is 26.0 Å². The van der Waals surface area contributed by atoms with Gasteiger partial charge < -0.3 is 5.32 Å². The van der Waals surface area contributed by atoms with Gasteiger partial charge in [0.05, 0.1) is 0 Å². The van der Waals surface area contributed by atoms with E-state index in [2.05, 4.69) is 36.3 Å². The van der Waals surface area contributed by atoms with E-state index in [0.29, 0.717) is 11.8 Å². The summed E-state index contributed by atoms with van der Waals surface area (Å²) in [7, 11) is 0. The highest BCUT2D eigenvalue weighted by Crippen LogP contribution is 2.15. The predicted octanol–water partition coefficient (Wildman–Crippen LogP) is 2.78. The third kappa shape index (κ3) is 4.43. The Balaban J connectivity index is 2.57. The monoisotopic (exact) mass is 206 g/mol. The van der Waals surface area contributed by atoms with Gasteiger partial charge in [0.25, 0.3) is 0 Å². The smallest absolute Gasteiger partial charge is 0.0298 e. The topological polar surface area (TPSA) is 24.4 Å². The van der Waals surface area contributed by atoms with E-state index in [1.807, 2.05) is 19.3 Å². The van der Waals surface area contributed by atoms with Crippen molar-refractivity contribution in [2.45, 2.75) is 27.2 Å². The maximum absolute atomic E-state index is 4.18. The van der Waals surface area contributed by atoms with Crippen LogP contribution in [-0.2, 0) is 0 Å². The van der Waals surface area contributed by atoms with Crippen LogP contribution in [0.4, 0.5) is 0 Å². The molecule has 1 fully saturated rings. The summed E-state index contributed by atoms with van der Waals surface area (Å²) < 4.78 is 0. The molecule has 1 N–H and O–H groups in total. The van der Waals surface area contributed by atoms with E-state index in [1.54, 1.807) is 0 Å². The van der Waals surface area contributed by atoms with E-state index in [0.717, 1.165) is 13.1 Å². The van der Waals surface area contributed by atoms with Gasteiger partial charge in [-0.15, -0.1) is 0 Å². The summed E-state index contributed by atoms with van der Waals surface area (Å²) in [5, 5.41) is 3.37. The molecule has 1 heterocycles.